The van der Waals surface area contributed by atoms with Gasteiger partial charge in [-0.05, 0) is 64.2 Å². The second kappa shape index (κ2) is 42.6. The van der Waals surface area contributed by atoms with E-state index in [0.29, 0.717) is 19.3 Å². The topological polar surface area (TPSA) is 78.9 Å². The van der Waals surface area contributed by atoms with Gasteiger partial charge in [0.25, 0.3) is 0 Å². The standard InChI is InChI=1S/C47H86O6/c1-4-7-10-13-16-18-20-21-22-23-24-25-26-27-28-30-31-34-37-40-46(49)52-43-44(42-51-45(48)39-36-33-15-12-9-6-3)53-47(50)41-38-35-32-29-19-17-14-11-8-5-2/h11,14,21-22,44H,4-10,12-13,15-20,23-43H2,1-3H3/b14-11-,22-21-. The number of rotatable bonds is 41. The zero-order valence-corrected chi connectivity index (χ0v) is 35.3. The summed E-state index contributed by atoms with van der Waals surface area (Å²) in [5.41, 5.74) is 0. The Morgan fingerprint density at radius 3 is 1.02 bits per heavy atom. The highest BCUT2D eigenvalue weighted by Crippen LogP contribution is 2.14. The molecule has 0 bridgehead atoms. The van der Waals surface area contributed by atoms with E-state index in [4.69, 9.17) is 14.2 Å². The molecule has 0 aromatic carbocycles. The van der Waals surface area contributed by atoms with E-state index in [1.165, 1.54) is 122 Å². The fourth-order valence-corrected chi connectivity index (χ4v) is 6.44. The summed E-state index contributed by atoms with van der Waals surface area (Å²) >= 11 is 0. The van der Waals surface area contributed by atoms with E-state index in [1.807, 2.05) is 0 Å². The number of carbonyl (C=O) groups excluding carboxylic acids is 3. The van der Waals surface area contributed by atoms with Crippen molar-refractivity contribution in [2.75, 3.05) is 13.2 Å². The third-order valence-corrected chi connectivity index (χ3v) is 9.91. The lowest BCUT2D eigenvalue weighted by Gasteiger charge is -2.18. The Bertz CT molecular complexity index is 865. The molecule has 6 nitrogen and oxygen atoms in total. The fraction of sp³-hybridized carbons (Fsp3) is 0.851. The van der Waals surface area contributed by atoms with Gasteiger partial charge in [-0.3, -0.25) is 14.4 Å². The van der Waals surface area contributed by atoms with E-state index in [9.17, 15) is 14.4 Å². The molecule has 0 rings (SSSR count). The second-order valence-electron chi connectivity index (χ2n) is 15.3. The lowest BCUT2D eigenvalue weighted by Crippen LogP contribution is -2.30. The molecule has 0 N–H and O–H groups in total. The van der Waals surface area contributed by atoms with Crippen molar-refractivity contribution in [2.45, 2.75) is 245 Å². The van der Waals surface area contributed by atoms with E-state index >= 15 is 0 Å². The molecule has 0 aliphatic carbocycles. The first-order valence-electron chi connectivity index (χ1n) is 22.8. The molecule has 0 saturated heterocycles. The van der Waals surface area contributed by atoms with Crippen molar-refractivity contribution in [3.05, 3.63) is 24.3 Å². The van der Waals surface area contributed by atoms with Gasteiger partial charge in [0.1, 0.15) is 13.2 Å². The van der Waals surface area contributed by atoms with E-state index in [2.05, 4.69) is 45.1 Å². The van der Waals surface area contributed by atoms with Gasteiger partial charge in [0.15, 0.2) is 6.10 Å². The minimum atomic E-state index is -0.768. The van der Waals surface area contributed by atoms with Gasteiger partial charge in [-0.25, -0.2) is 0 Å². The molecule has 0 heterocycles. The zero-order chi connectivity index (χ0) is 38.7. The largest absolute Gasteiger partial charge is 0.462 e. The minimum absolute atomic E-state index is 0.0741. The Labute approximate surface area is 328 Å². The van der Waals surface area contributed by atoms with Gasteiger partial charge in [-0.15, -0.1) is 0 Å². The Kier molecular flexibility index (Phi) is 40.9. The maximum atomic E-state index is 12.6. The molecule has 0 saturated carbocycles. The SMILES string of the molecule is CCC/C=C\CCCCCCCC(=O)OC(COC(=O)CCCCCCCC)COC(=O)CCCCCCCCCCC/C=C\CCCCCCCC. The summed E-state index contributed by atoms with van der Waals surface area (Å²) in [6.45, 7) is 6.50. The summed E-state index contributed by atoms with van der Waals surface area (Å²) in [5.74, 6) is -0.894. The molecule has 0 radical (unpaired) electrons. The molecular weight excluding hydrogens is 661 g/mol. The number of carbonyl (C=O) groups is 3. The Morgan fingerprint density at radius 1 is 0.358 bits per heavy atom. The molecule has 0 aromatic rings. The van der Waals surface area contributed by atoms with Crippen molar-refractivity contribution in [3.8, 4) is 0 Å². The van der Waals surface area contributed by atoms with Crippen LogP contribution in [0.2, 0.25) is 0 Å². The molecule has 0 aromatic heterocycles. The van der Waals surface area contributed by atoms with Crippen LogP contribution in [0.25, 0.3) is 0 Å². The van der Waals surface area contributed by atoms with Gasteiger partial charge in [-0.1, -0.05) is 180 Å². The van der Waals surface area contributed by atoms with Crippen LogP contribution in [-0.4, -0.2) is 37.2 Å². The highest BCUT2D eigenvalue weighted by Gasteiger charge is 2.19. The van der Waals surface area contributed by atoms with Gasteiger partial charge in [0.2, 0.25) is 0 Å². The molecule has 1 atom stereocenters. The highest BCUT2D eigenvalue weighted by molar-refractivity contribution is 5.71. The molecule has 6 heteroatoms. The van der Waals surface area contributed by atoms with E-state index in [-0.39, 0.29) is 31.1 Å². The average Bonchev–Trinajstić information content (AvgIpc) is 3.15. The molecular formula is C47H86O6. The first kappa shape index (κ1) is 50.9. The Morgan fingerprint density at radius 2 is 0.660 bits per heavy atom. The van der Waals surface area contributed by atoms with Crippen molar-refractivity contribution in [1.29, 1.82) is 0 Å². The summed E-state index contributed by atoms with van der Waals surface area (Å²) < 4.78 is 16.6. The number of ether oxygens (including phenoxy) is 3. The number of unbranched alkanes of at least 4 members (excludes halogenated alkanes) is 26. The van der Waals surface area contributed by atoms with Crippen LogP contribution >= 0.6 is 0 Å². The van der Waals surface area contributed by atoms with Crippen LogP contribution in [0.5, 0.6) is 0 Å². The summed E-state index contributed by atoms with van der Waals surface area (Å²) in [6, 6.07) is 0. The zero-order valence-electron chi connectivity index (χ0n) is 35.3. The van der Waals surface area contributed by atoms with Gasteiger partial charge in [0.05, 0.1) is 0 Å². The van der Waals surface area contributed by atoms with Crippen molar-refractivity contribution >= 4 is 17.9 Å². The van der Waals surface area contributed by atoms with Gasteiger partial charge >= 0.3 is 17.9 Å². The summed E-state index contributed by atoms with van der Waals surface area (Å²) in [4.78, 5) is 37.5. The van der Waals surface area contributed by atoms with Gasteiger partial charge < -0.3 is 14.2 Å². The lowest BCUT2D eigenvalue weighted by atomic mass is 10.1. The van der Waals surface area contributed by atoms with Crippen LogP contribution in [0.3, 0.4) is 0 Å². The highest BCUT2D eigenvalue weighted by atomic mass is 16.6. The van der Waals surface area contributed by atoms with E-state index < -0.39 is 6.10 Å². The average molecular weight is 747 g/mol. The van der Waals surface area contributed by atoms with Gasteiger partial charge in [0, 0.05) is 19.3 Å². The number of esters is 3. The van der Waals surface area contributed by atoms with Crippen LogP contribution in [0.15, 0.2) is 24.3 Å². The molecule has 0 aliphatic rings. The fourth-order valence-electron chi connectivity index (χ4n) is 6.44. The third-order valence-electron chi connectivity index (χ3n) is 9.91. The van der Waals surface area contributed by atoms with Crippen molar-refractivity contribution in [3.63, 3.8) is 0 Å². The molecule has 53 heavy (non-hydrogen) atoms. The maximum Gasteiger partial charge on any atom is 0.306 e. The molecule has 1 unspecified atom stereocenters. The smallest absolute Gasteiger partial charge is 0.306 e. The normalized spacial score (nSPS) is 12.1. The van der Waals surface area contributed by atoms with Crippen molar-refractivity contribution in [2.24, 2.45) is 0 Å². The summed E-state index contributed by atoms with van der Waals surface area (Å²) in [5, 5.41) is 0. The first-order valence-corrected chi connectivity index (χ1v) is 22.8. The lowest BCUT2D eigenvalue weighted by molar-refractivity contribution is -0.167. The van der Waals surface area contributed by atoms with Crippen LogP contribution < -0.4 is 0 Å². The number of hydrogen-bond donors (Lipinski definition) is 0. The number of allylic oxidation sites excluding steroid dienone is 4. The molecule has 0 aliphatic heterocycles. The van der Waals surface area contributed by atoms with E-state index in [0.717, 1.165) is 77.0 Å². The van der Waals surface area contributed by atoms with E-state index in [1.54, 1.807) is 0 Å². The van der Waals surface area contributed by atoms with Crippen LogP contribution in [-0.2, 0) is 28.6 Å². The minimum Gasteiger partial charge on any atom is -0.462 e. The molecule has 310 valence electrons. The van der Waals surface area contributed by atoms with Crippen molar-refractivity contribution in [1.82, 2.24) is 0 Å². The summed E-state index contributed by atoms with van der Waals surface area (Å²) in [7, 11) is 0. The maximum absolute atomic E-state index is 12.6. The predicted molar refractivity (Wildman–Crippen MR) is 224 cm³/mol. The third kappa shape index (κ3) is 40.9. The Balaban J connectivity index is 4.17. The second-order valence-corrected chi connectivity index (χ2v) is 15.3. The quantitative estimate of drug-likeness (QED) is 0.0268. The van der Waals surface area contributed by atoms with Crippen molar-refractivity contribution < 1.29 is 28.6 Å². The van der Waals surface area contributed by atoms with Crippen LogP contribution in [0.1, 0.15) is 239 Å². The summed E-state index contributed by atoms with van der Waals surface area (Å²) in [6.07, 6.45) is 46.2. The van der Waals surface area contributed by atoms with Crippen LogP contribution in [0, 0.1) is 0 Å². The van der Waals surface area contributed by atoms with Crippen LogP contribution in [0.4, 0.5) is 0 Å². The first-order chi connectivity index (χ1) is 26.0. The number of hydrogen-bond acceptors (Lipinski definition) is 6. The van der Waals surface area contributed by atoms with Gasteiger partial charge in [-0.2, -0.15) is 0 Å². The Hall–Kier alpha value is -2.11. The molecule has 0 fully saturated rings. The molecule has 0 amide bonds. The predicted octanol–water partition coefficient (Wildman–Crippen LogP) is 14.4. The molecule has 0 spiro atoms. The monoisotopic (exact) mass is 747 g/mol.